The lowest BCUT2D eigenvalue weighted by molar-refractivity contribution is 0.355. The molecular formula is C17H17NO2S. The van der Waals surface area contributed by atoms with Crippen molar-refractivity contribution in [2.24, 2.45) is 0 Å². The highest BCUT2D eigenvalue weighted by Gasteiger charge is 2.11. The molecule has 0 unspecified atom stereocenters. The number of methoxy groups -OCH3 is 2. The van der Waals surface area contributed by atoms with E-state index in [0.29, 0.717) is 0 Å². The third kappa shape index (κ3) is 2.47. The first-order chi connectivity index (χ1) is 10.1. The van der Waals surface area contributed by atoms with E-state index in [9.17, 15) is 0 Å². The molecular weight excluding hydrogens is 282 g/mol. The molecule has 4 heteroatoms. The van der Waals surface area contributed by atoms with Crippen molar-refractivity contribution in [2.75, 3.05) is 14.2 Å². The molecule has 0 saturated carbocycles. The van der Waals surface area contributed by atoms with Crippen molar-refractivity contribution in [3.63, 3.8) is 0 Å². The van der Waals surface area contributed by atoms with Gasteiger partial charge in [0.15, 0.2) is 11.5 Å². The second-order valence-corrected chi connectivity index (χ2v) is 6.05. The molecule has 0 saturated heterocycles. The van der Waals surface area contributed by atoms with Gasteiger partial charge < -0.3 is 9.47 Å². The molecule has 0 aliphatic rings. The quantitative estimate of drug-likeness (QED) is 0.708. The highest BCUT2D eigenvalue weighted by Crippen LogP contribution is 2.36. The normalized spacial score (nSPS) is 10.9. The number of benzene rings is 2. The van der Waals surface area contributed by atoms with E-state index in [4.69, 9.17) is 14.5 Å². The van der Waals surface area contributed by atoms with Crippen molar-refractivity contribution in [3.05, 3.63) is 41.5 Å². The van der Waals surface area contributed by atoms with E-state index in [-0.39, 0.29) is 0 Å². The van der Waals surface area contributed by atoms with E-state index in [1.54, 1.807) is 25.6 Å². The minimum absolute atomic E-state index is 0.724. The first-order valence-electron chi connectivity index (χ1n) is 6.72. The van der Waals surface area contributed by atoms with Crippen LogP contribution >= 0.6 is 11.3 Å². The van der Waals surface area contributed by atoms with Gasteiger partial charge >= 0.3 is 0 Å². The van der Waals surface area contributed by atoms with Gasteiger partial charge in [0.25, 0.3) is 0 Å². The molecule has 0 aliphatic carbocycles. The summed E-state index contributed by atoms with van der Waals surface area (Å²) >= 11 is 1.70. The van der Waals surface area contributed by atoms with E-state index < -0.39 is 0 Å². The Bertz CT molecular complexity index is 808. The van der Waals surface area contributed by atoms with Crippen molar-refractivity contribution in [1.29, 1.82) is 0 Å². The monoisotopic (exact) mass is 299 g/mol. The van der Waals surface area contributed by atoms with Crippen molar-refractivity contribution >= 4 is 21.6 Å². The van der Waals surface area contributed by atoms with Crippen LogP contribution in [0, 0.1) is 13.8 Å². The van der Waals surface area contributed by atoms with Gasteiger partial charge in [-0.05, 0) is 49.2 Å². The minimum atomic E-state index is 0.724. The lowest BCUT2D eigenvalue weighted by atomic mass is 10.1. The summed E-state index contributed by atoms with van der Waals surface area (Å²) in [6.45, 7) is 4.22. The fourth-order valence-corrected chi connectivity index (χ4v) is 3.60. The molecule has 0 bridgehead atoms. The third-order valence-corrected chi connectivity index (χ3v) is 4.51. The number of aromatic nitrogens is 1. The Balaban J connectivity index is 2.14. The molecule has 21 heavy (non-hydrogen) atoms. The zero-order valence-corrected chi connectivity index (χ0v) is 13.4. The average molecular weight is 299 g/mol. The van der Waals surface area contributed by atoms with Gasteiger partial charge in [0.1, 0.15) is 5.01 Å². The zero-order valence-electron chi connectivity index (χ0n) is 12.6. The van der Waals surface area contributed by atoms with E-state index >= 15 is 0 Å². The molecule has 0 amide bonds. The molecule has 1 aromatic heterocycles. The predicted molar refractivity (Wildman–Crippen MR) is 87.6 cm³/mol. The van der Waals surface area contributed by atoms with E-state index in [0.717, 1.165) is 27.6 Å². The topological polar surface area (TPSA) is 31.4 Å². The number of hydrogen-bond donors (Lipinski definition) is 0. The second kappa shape index (κ2) is 5.37. The summed E-state index contributed by atoms with van der Waals surface area (Å²) in [6.07, 6.45) is 0. The Morgan fingerprint density at radius 2 is 1.71 bits per heavy atom. The van der Waals surface area contributed by atoms with Gasteiger partial charge in [-0.1, -0.05) is 6.07 Å². The maximum absolute atomic E-state index is 5.37. The molecule has 3 rings (SSSR count). The Morgan fingerprint density at radius 3 is 2.43 bits per heavy atom. The number of nitrogens with zero attached hydrogens (tertiary/aromatic N) is 1. The van der Waals surface area contributed by atoms with Crippen LogP contribution in [0.1, 0.15) is 11.1 Å². The van der Waals surface area contributed by atoms with Crippen molar-refractivity contribution < 1.29 is 9.47 Å². The summed E-state index contributed by atoms with van der Waals surface area (Å²) in [7, 11) is 3.29. The van der Waals surface area contributed by atoms with Gasteiger partial charge in [0.05, 0.1) is 24.4 Å². The Kier molecular flexibility index (Phi) is 3.55. The van der Waals surface area contributed by atoms with E-state index in [2.05, 4.69) is 26.0 Å². The summed E-state index contributed by atoms with van der Waals surface area (Å²) in [6, 6.07) is 10.3. The highest BCUT2D eigenvalue weighted by molar-refractivity contribution is 7.21. The lowest BCUT2D eigenvalue weighted by Crippen LogP contribution is -1.90. The summed E-state index contributed by atoms with van der Waals surface area (Å²) in [5.74, 6) is 1.46. The maximum atomic E-state index is 5.37. The Hall–Kier alpha value is -2.07. The molecule has 3 nitrogen and oxygen atoms in total. The molecule has 0 spiro atoms. The fraction of sp³-hybridized carbons (Fsp3) is 0.235. The molecule has 0 radical (unpaired) electrons. The number of ether oxygens (including phenoxy) is 2. The third-order valence-electron chi connectivity index (χ3n) is 3.46. The van der Waals surface area contributed by atoms with Crippen molar-refractivity contribution in [1.82, 2.24) is 4.98 Å². The van der Waals surface area contributed by atoms with Gasteiger partial charge in [0, 0.05) is 5.56 Å². The summed E-state index contributed by atoms with van der Waals surface area (Å²) < 4.78 is 11.9. The summed E-state index contributed by atoms with van der Waals surface area (Å²) in [5.41, 5.74) is 4.61. The first kappa shape index (κ1) is 13.9. The minimum Gasteiger partial charge on any atom is -0.493 e. The molecule has 0 aliphatic heterocycles. The summed E-state index contributed by atoms with van der Waals surface area (Å²) in [5, 5.41) is 1.000. The van der Waals surface area contributed by atoms with Crippen LogP contribution in [0.15, 0.2) is 30.3 Å². The van der Waals surface area contributed by atoms with Gasteiger partial charge in [-0.25, -0.2) is 4.98 Å². The molecule has 0 atom stereocenters. The molecule has 0 N–H and O–H groups in total. The number of aryl methyl sites for hydroxylation is 2. The summed E-state index contributed by atoms with van der Waals surface area (Å²) in [4.78, 5) is 4.78. The van der Waals surface area contributed by atoms with Crippen molar-refractivity contribution in [2.45, 2.75) is 13.8 Å². The largest absolute Gasteiger partial charge is 0.493 e. The van der Waals surface area contributed by atoms with E-state index in [1.807, 2.05) is 18.2 Å². The zero-order chi connectivity index (χ0) is 15.0. The standard InChI is InChI=1S/C17H17NO2S/c1-10-7-11(2)16-15(8-10)21-17(18-16)12-5-6-13(19-3)14(9-12)20-4/h5-9H,1-4H3. The molecule has 2 aromatic carbocycles. The SMILES string of the molecule is COc1ccc(-c2nc3c(C)cc(C)cc3s2)cc1OC. The molecule has 0 fully saturated rings. The number of fused-ring (bicyclic) bond motifs is 1. The average Bonchev–Trinajstić information content (AvgIpc) is 2.90. The van der Waals surface area contributed by atoms with Crippen LogP contribution in [0.5, 0.6) is 11.5 Å². The van der Waals surface area contributed by atoms with Crippen LogP contribution in [0.25, 0.3) is 20.8 Å². The van der Waals surface area contributed by atoms with Gasteiger partial charge in [-0.2, -0.15) is 0 Å². The van der Waals surface area contributed by atoms with Crippen molar-refractivity contribution in [3.8, 4) is 22.1 Å². The number of rotatable bonds is 3. The fourth-order valence-electron chi connectivity index (χ4n) is 2.46. The van der Waals surface area contributed by atoms with E-state index in [1.165, 1.54) is 15.8 Å². The Labute approximate surface area is 128 Å². The van der Waals surface area contributed by atoms with Gasteiger partial charge in [-0.3, -0.25) is 0 Å². The second-order valence-electron chi connectivity index (χ2n) is 5.02. The van der Waals surface area contributed by atoms with Crippen LogP contribution in [-0.4, -0.2) is 19.2 Å². The molecule has 1 heterocycles. The lowest BCUT2D eigenvalue weighted by Gasteiger charge is -2.08. The molecule has 3 aromatic rings. The van der Waals surface area contributed by atoms with Gasteiger partial charge in [0.2, 0.25) is 0 Å². The number of thiazole rings is 1. The predicted octanol–water partition coefficient (Wildman–Crippen LogP) is 4.60. The maximum Gasteiger partial charge on any atom is 0.161 e. The van der Waals surface area contributed by atoms with Crippen LogP contribution in [0.3, 0.4) is 0 Å². The molecule has 108 valence electrons. The Morgan fingerprint density at radius 1 is 0.952 bits per heavy atom. The van der Waals surface area contributed by atoms with Crippen LogP contribution < -0.4 is 9.47 Å². The first-order valence-corrected chi connectivity index (χ1v) is 7.54. The van der Waals surface area contributed by atoms with Crippen LogP contribution in [0.4, 0.5) is 0 Å². The number of hydrogen-bond acceptors (Lipinski definition) is 4. The van der Waals surface area contributed by atoms with Crippen LogP contribution in [-0.2, 0) is 0 Å². The smallest absolute Gasteiger partial charge is 0.161 e. The van der Waals surface area contributed by atoms with Gasteiger partial charge in [-0.15, -0.1) is 11.3 Å². The van der Waals surface area contributed by atoms with Crippen LogP contribution in [0.2, 0.25) is 0 Å². The highest BCUT2D eigenvalue weighted by atomic mass is 32.1.